The Bertz CT molecular complexity index is 2750. The molecule has 0 aliphatic carbocycles. The van der Waals surface area contributed by atoms with Gasteiger partial charge in [-0.05, 0) is 35.4 Å². The third-order valence-corrected chi connectivity index (χ3v) is 9.74. The van der Waals surface area contributed by atoms with Crippen LogP contribution in [0.5, 0.6) is 0 Å². The van der Waals surface area contributed by atoms with E-state index in [1.54, 1.807) is 13.0 Å². The number of rotatable bonds is 9. The number of aromatic nitrogens is 4. The Kier molecular flexibility index (Phi) is 10.2. The van der Waals surface area contributed by atoms with Crippen molar-refractivity contribution < 1.29 is 0 Å². The zero-order chi connectivity index (χ0) is 38.8. The van der Waals surface area contributed by atoms with E-state index in [0.29, 0.717) is 34.0 Å². The van der Waals surface area contributed by atoms with Gasteiger partial charge in [-0.1, -0.05) is 146 Å². The maximum absolute atomic E-state index is 6.55. The SMILES string of the molecule is [B]/C(C)=C/C([B])=C([B])\C([B])=C\c1ccccc1N(C)c1cc2c(cc1-c1ccccc1)c1ccccc1n2-c1nc(-c2ccccc2)nc(-c2ccccc2)n1. The summed E-state index contributed by atoms with van der Waals surface area (Å²) in [6, 6.07) is 51.3. The maximum Gasteiger partial charge on any atom is 0.238 e. The van der Waals surface area contributed by atoms with Crippen LogP contribution in [0.2, 0.25) is 0 Å². The van der Waals surface area contributed by atoms with Crippen molar-refractivity contribution in [3.05, 3.63) is 185 Å². The van der Waals surface area contributed by atoms with Gasteiger partial charge >= 0.3 is 0 Å². The predicted octanol–water partition coefficient (Wildman–Crippen LogP) is 9.87. The van der Waals surface area contributed by atoms with Gasteiger partial charge in [0.1, 0.15) is 31.4 Å². The van der Waals surface area contributed by atoms with Crippen LogP contribution in [0.15, 0.2) is 180 Å². The molecule has 258 valence electrons. The Balaban J connectivity index is 1.39. The number of allylic oxidation sites excluding steroid dienone is 5. The summed E-state index contributed by atoms with van der Waals surface area (Å²) in [5.74, 6) is 1.69. The van der Waals surface area contributed by atoms with E-state index in [0.717, 1.165) is 61.0 Å². The molecular formula is C47H33B4N5. The highest BCUT2D eigenvalue weighted by Crippen LogP contribution is 2.42. The summed E-state index contributed by atoms with van der Waals surface area (Å²) in [5.41, 5.74) is 9.97. The highest BCUT2D eigenvalue weighted by Gasteiger charge is 2.22. The Labute approximate surface area is 332 Å². The normalized spacial score (nSPS) is 12.5. The average Bonchev–Trinajstić information content (AvgIpc) is 3.56. The van der Waals surface area contributed by atoms with Crippen molar-refractivity contribution in [2.75, 3.05) is 11.9 Å². The number of para-hydroxylation sites is 2. The van der Waals surface area contributed by atoms with E-state index in [2.05, 4.69) is 77.2 Å². The lowest BCUT2D eigenvalue weighted by Crippen LogP contribution is -2.13. The molecule has 2 aromatic heterocycles. The molecule has 9 heteroatoms. The Morgan fingerprint density at radius 2 is 1.12 bits per heavy atom. The molecule has 0 amide bonds. The van der Waals surface area contributed by atoms with Gasteiger partial charge in [-0.3, -0.25) is 4.57 Å². The van der Waals surface area contributed by atoms with Gasteiger partial charge in [-0.25, -0.2) is 4.98 Å². The van der Waals surface area contributed by atoms with E-state index in [1.807, 2.05) is 97.1 Å². The fourth-order valence-electron chi connectivity index (χ4n) is 7.02. The molecule has 8 aromatic rings. The van der Waals surface area contributed by atoms with Gasteiger partial charge in [0, 0.05) is 40.2 Å². The summed E-state index contributed by atoms with van der Waals surface area (Å²) < 4.78 is 2.14. The molecule has 0 fully saturated rings. The van der Waals surface area contributed by atoms with Gasteiger partial charge in [-0.15, -0.1) is 21.9 Å². The molecule has 0 spiro atoms. The van der Waals surface area contributed by atoms with Gasteiger partial charge in [0.05, 0.1) is 16.7 Å². The third-order valence-electron chi connectivity index (χ3n) is 9.74. The lowest BCUT2D eigenvalue weighted by Gasteiger charge is -2.26. The second-order valence-corrected chi connectivity index (χ2v) is 13.6. The molecule has 0 saturated heterocycles. The molecule has 56 heavy (non-hydrogen) atoms. The van der Waals surface area contributed by atoms with Crippen LogP contribution in [0.3, 0.4) is 0 Å². The second-order valence-electron chi connectivity index (χ2n) is 13.6. The van der Waals surface area contributed by atoms with Crippen LogP contribution in [0.25, 0.3) is 67.7 Å². The smallest absolute Gasteiger partial charge is 0.238 e. The minimum Gasteiger partial charge on any atom is -0.344 e. The molecule has 8 rings (SSSR count). The first kappa shape index (κ1) is 36.4. The minimum absolute atomic E-state index is 0.255. The second kappa shape index (κ2) is 15.6. The molecule has 2 heterocycles. The van der Waals surface area contributed by atoms with Crippen molar-refractivity contribution in [3.8, 4) is 39.9 Å². The lowest BCUT2D eigenvalue weighted by molar-refractivity contribution is 0.953. The Hall–Kier alpha value is -6.59. The van der Waals surface area contributed by atoms with Gasteiger partial charge in [-0.2, -0.15) is 9.97 Å². The maximum atomic E-state index is 6.55. The predicted molar refractivity (Wildman–Crippen MR) is 237 cm³/mol. The van der Waals surface area contributed by atoms with Gasteiger partial charge in [0.25, 0.3) is 0 Å². The number of hydrogen-bond acceptors (Lipinski definition) is 4. The molecule has 0 aliphatic heterocycles. The number of hydrogen-bond donors (Lipinski definition) is 0. The first-order chi connectivity index (χ1) is 27.3. The van der Waals surface area contributed by atoms with Crippen LogP contribution in [0.4, 0.5) is 11.4 Å². The number of fused-ring (bicyclic) bond motifs is 3. The zero-order valence-electron chi connectivity index (χ0n) is 31.1. The largest absolute Gasteiger partial charge is 0.344 e. The quantitative estimate of drug-likeness (QED) is 0.111. The van der Waals surface area contributed by atoms with E-state index in [9.17, 15) is 0 Å². The molecule has 0 aliphatic rings. The highest BCUT2D eigenvalue weighted by molar-refractivity contribution is 6.43. The van der Waals surface area contributed by atoms with E-state index in [4.69, 9.17) is 46.3 Å². The molecular weight excluding hydrogens is 678 g/mol. The van der Waals surface area contributed by atoms with Crippen LogP contribution in [-0.2, 0) is 0 Å². The number of benzene rings is 6. The molecule has 0 unspecified atom stereocenters. The van der Waals surface area contributed by atoms with Crippen LogP contribution >= 0.6 is 0 Å². The van der Waals surface area contributed by atoms with Crippen molar-refractivity contribution in [3.63, 3.8) is 0 Å². The first-order valence-electron chi connectivity index (χ1n) is 18.3. The molecule has 0 N–H and O–H groups in total. The highest BCUT2D eigenvalue weighted by atomic mass is 15.2. The monoisotopic (exact) mass is 711 g/mol. The first-order valence-corrected chi connectivity index (χ1v) is 18.3. The van der Waals surface area contributed by atoms with Crippen molar-refractivity contribution in [2.24, 2.45) is 0 Å². The van der Waals surface area contributed by atoms with E-state index in [-0.39, 0.29) is 5.47 Å². The molecule has 5 nitrogen and oxygen atoms in total. The van der Waals surface area contributed by atoms with Crippen molar-refractivity contribution in [1.29, 1.82) is 0 Å². The molecule has 0 atom stereocenters. The van der Waals surface area contributed by atoms with Crippen molar-refractivity contribution >= 4 is 70.6 Å². The van der Waals surface area contributed by atoms with E-state index in [1.165, 1.54) is 0 Å². The number of nitrogens with zero attached hydrogens (tertiary/aromatic N) is 5. The van der Waals surface area contributed by atoms with E-state index < -0.39 is 0 Å². The summed E-state index contributed by atoms with van der Waals surface area (Å²) in [5, 5.41) is 2.14. The van der Waals surface area contributed by atoms with Crippen molar-refractivity contribution in [1.82, 2.24) is 19.5 Å². The standard InChI is InChI=1S/C47H33B4N5/c1-30(48)26-38(49)44(51)39(50)27-34-22-12-14-24-40(34)55(2)42-29-43-37(28-36(42)31-16-6-3-7-17-31)35-23-13-15-25-41(35)56(43)47-53-45(32-18-8-4-9-19-32)52-46(54-47)33-20-10-5-11-21-33/h3-29H,1-2H3/b30-26+,39-27-,44-38-. The van der Waals surface area contributed by atoms with E-state index >= 15 is 0 Å². The summed E-state index contributed by atoms with van der Waals surface area (Å²) in [4.78, 5) is 17.4. The fraction of sp³-hybridized carbons (Fsp3) is 0.0426. The lowest BCUT2D eigenvalue weighted by atomic mass is 9.69. The topological polar surface area (TPSA) is 46.8 Å². The molecule has 0 saturated carbocycles. The van der Waals surface area contributed by atoms with Gasteiger partial charge in [0.15, 0.2) is 11.6 Å². The van der Waals surface area contributed by atoms with Crippen LogP contribution < -0.4 is 4.90 Å². The summed E-state index contributed by atoms with van der Waals surface area (Å²) in [6.07, 6.45) is 3.44. The van der Waals surface area contributed by atoms with Crippen LogP contribution in [0, 0.1) is 0 Å². The summed E-state index contributed by atoms with van der Waals surface area (Å²) in [6.45, 7) is 1.75. The molecule has 8 radical (unpaired) electrons. The van der Waals surface area contributed by atoms with Gasteiger partial charge in [0.2, 0.25) is 5.95 Å². The summed E-state index contributed by atoms with van der Waals surface area (Å²) in [7, 11) is 27.1. The third kappa shape index (κ3) is 7.16. The van der Waals surface area contributed by atoms with Crippen molar-refractivity contribution in [2.45, 2.75) is 6.92 Å². The average molecular weight is 711 g/mol. The molecule has 0 bridgehead atoms. The zero-order valence-corrected chi connectivity index (χ0v) is 31.1. The Morgan fingerprint density at radius 3 is 1.75 bits per heavy atom. The Morgan fingerprint density at radius 1 is 0.571 bits per heavy atom. The summed E-state index contributed by atoms with van der Waals surface area (Å²) >= 11 is 0. The minimum atomic E-state index is 0.255. The fourth-order valence-corrected chi connectivity index (χ4v) is 7.02. The van der Waals surface area contributed by atoms with Crippen LogP contribution in [-0.4, -0.2) is 58.0 Å². The molecule has 6 aromatic carbocycles. The van der Waals surface area contributed by atoms with Crippen LogP contribution in [0.1, 0.15) is 12.5 Å². The van der Waals surface area contributed by atoms with Gasteiger partial charge < -0.3 is 4.90 Å². The number of anilines is 2.